The Kier molecular flexibility index (Phi) is 8.97. The minimum absolute atomic E-state index is 0.145. The summed E-state index contributed by atoms with van der Waals surface area (Å²) in [6.45, 7) is 10.2. The van der Waals surface area contributed by atoms with E-state index in [4.69, 9.17) is 28.4 Å². The van der Waals surface area contributed by atoms with Crippen molar-refractivity contribution in [1.29, 1.82) is 0 Å². The molecule has 1 heterocycles. The summed E-state index contributed by atoms with van der Waals surface area (Å²) in [5.74, 6) is -5.75. The number of fused-ring (bicyclic) bond motifs is 1. The molecular weight excluding hydrogens is 612 g/mol. The molecule has 3 fully saturated rings. The minimum Gasteiger partial charge on any atom is -0.459 e. The first-order chi connectivity index (χ1) is 22.1. The minimum atomic E-state index is -1.80. The smallest absolute Gasteiger partial charge is 0.338 e. The quantitative estimate of drug-likeness (QED) is 0.343. The van der Waals surface area contributed by atoms with E-state index in [0.29, 0.717) is 0 Å². The predicted molar refractivity (Wildman–Crippen MR) is 163 cm³/mol. The van der Waals surface area contributed by atoms with Gasteiger partial charge in [0.15, 0.2) is 18.3 Å². The van der Waals surface area contributed by atoms with Crippen molar-refractivity contribution in [3.05, 3.63) is 71.8 Å². The Bertz CT molecular complexity index is 1540. The lowest BCUT2D eigenvalue weighted by molar-refractivity contribution is -0.331. The molecule has 2 aromatic rings. The summed E-state index contributed by atoms with van der Waals surface area (Å²) in [4.78, 5) is 65.6. The van der Waals surface area contributed by atoms with Crippen molar-refractivity contribution >= 4 is 29.8 Å². The molecule has 12 nitrogen and oxygen atoms in total. The second-order valence-corrected chi connectivity index (χ2v) is 13.1. The van der Waals surface area contributed by atoms with E-state index in [2.05, 4.69) is 0 Å². The number of aliphatic hydroxyl groups is 1. The molecule has 1 saturated heterocycles. The summed E-state index contributed by atoms with van der Waals surface area (Å²) in [5.41, 5.74) is -4.45. The Balaban J connectivity index is 1.81. The molecule has 2 bridgehead atoms. The molecule has 0 amide bonds. The van der Waals surface area contributed by atoms with Crippen LogP contribution in [0.15, 0.2) is 60.7 Å². The zero-order chi connectivity index (χ0) is 34.5. The topological polar surface area (TPSA) is 161 Å². The van der Waals surface area contributed by atoms with Gasteiger partial charge in [-0.3, -0.25) is 14.4 Å². The number of ether oxygens (including phenoxy) is 6. The fraction of sp³-hybridized carbons (Fsp3) is 0.514. The highest BCUT2D eigenvalue weighted by atomic mass is 16.6. The number of benzene rings is 2. The van der Waals surface area contributed by atoms with Crippen molar-refractivity contribution in [2.24, 2.45) is 17.3 Å². The third-order valence-electron chi connectivity index (χ3n) is 9.87. The van der Waals surface area contributed by atoms with Crippen molar-refractivity contribution in [3.8, 4) is 0 Å². The van der Waals surface area contributed by atoms with E-state index in [1.54, 1.807) is 76.2 Å². The Hall–Kier alpha value is -4.29. The molecule has 252 valence electrons. The average Bonchev–Trinajstić information content (AvgIpc) is 3.21. The van der Waals surface area contributed by atoms with Crippen molar-refractivity contribution in [1.82, 2.24) is 0 Å². The lowest BCUT2D eigenvalue weighted by Crippen LogP contribution is -2.81. The fourth-order valence-corrected chi connectivity index (χ4v) is 8.10. The molecular formula is C35H40O12. The van der Waals surface area contributed by atoms with Crippen LogP contribution in [0, 0.1) is 17.3 Å². The normalized spacial score (nSPS) is 35.1. The Morgan fingerprint density at radius 3 is 1.51 bits per heavy atom. The van der Waals surface area contributed by atoms with Gasteiger partial charge in [-0.25, -0.2) is 9.59 Å². The van der Waals surface area contributed by atoms with E-state index in [9.17, 15) is 29.1 Å². The van der Waals surface area contributed by atoms with E-state index in [1.165, 1.54) is 26.0 Å². The molecule has 2 aliphatic carbocycles. The van der Waals surface area contributed by atoms with Gasteiger partial charge in [0.2, 0.25) is 0 Å². The summed E-state index contributed by atoms with van der Waals surface area (Å²) >= 11 is 0. The first kappa shape index (κ1) is 34.1. The van der Waals surface area contributed by atoms with Crippen LogP contribution in [-0.2, 0) is 42.8 Å². The van der Waals surface area contributed by atoms with Crippen molar-refractivity contribution in [3.63, 3.8) is 0 Å². The van der Waals surface area contributed by atoms with Gasteiger partial charge in [0, 0.05) is 26.7 Å². The lowest BCUT2D eigenvalue weighted by atomic mass is 9.47. The summed E-state index contributed by atoms with van der Waals surface area (Å²) in [5, 5.41) is 11.9. The number of hydrogen-bond donors (Lipinski definition) is 1. The van der Waals surface area contributed by atoms with Crippen molar-refractivity contribution in [2.75, 3.05) is 0 Å². The molecule has 5 rings (SSSR count). The van der Waals surface area contributed by atoms with Crippen molar-refractivity contribution < 1.29 is 57.5 Å². The maximum absolute atomic E-state index is 13.8. The second-order valence-electron chi connectivity index (χ2n) is 13.1. The largest absolute Gasteiger partial charge is 0.459 e. The molecule has 1 spiro atoms. The van der Waals surface area contributed by atoms with E-state index in [0.717, 1.165) is 6.92 Å². The number of hydrogen-bond acceptors (Lipinski definition) is 12. The monoisotopic (exact) mass is 652 g/mol. The molecule has 1 aliphatic heterocycles. The van der Waals surface area contributed by atoms with Crippen LogP contribution in [0.1, 0.15) is 69.2 Å². The molecule has 10 atom stereocenters. The molecule has 0 aromatic heterocycles. The molecule has 2 aromatic carbocycles. The number of aliphatic hydroxyl groups excluding tert-OH is 1. The molecule has 47 heavy (non-hydrogen) atoms. The van der Waals surface area contributed by atoms with Crippen LogP contribution in [0.4, 0.5) is 0 Å². The number of carbonyl (C=O) groups excluding carboxylic acids is 5. The Labute approximate surface area is 272 Å². The van der Waals surface area contributed by atoms with Gasteiger partial charge in [0.25, 0.3) is 0 Å². The number of carbonyl (C=O) groups is 5. The van der Waals surface area contributed by atoms with Crippen LogP contribution in [0.2, 0.25) is 0 Å². The van der Waals surface area contributed by atoms with Crippen LogP contribution in [0.25, 0.3) is 0 Å². The first-order valence-corrected chi connectivity index (χ1v) is 15.5. The van der Waals surface area contributed by atoms with Gasteiger partial charge < -0.3 is 33.5 Å². The summed E-state index contributed by atoms with van der Waals surface area (Å²) in [6, 6.07) is 16.1. The Morgan fingerprint density at radius 1 is 0.638 bits per heavy atom. The van der Waals surface area contributed by atoms with Gasteiger partial charge in [-0.15, -0.1) is 0 Å². The van der Waals surface area contributed by atoms with Crippen LogP contribution in [-0.4, -0.2) is 82.8 Å². The maximum atomic E-state index is 13.8. The molecule has 2 saturated carbocycles. The lowest BCUT2D eigenvalue weighted by Gasteiger charge is -2.64. The fourth-order valence-electron chi connectivity index (χ4n) is 8.10. The van der Waals surface area contributed by atoms with Crippen LogP contribution < -0.4 is 0 Å². The first-order valence-electron chi connectivity index (χ1n) is 15.5. The molecule has 1 N–H and O–H groups in total. The summed E-state index contributed by atoms with van der Waals surface area (Å²) < 4.78 is 37.0. The third-order valence-corrected chi connectivity index (χ3v) is 9.87. The van der Waals surface area contributed by atoms with Crippen molar-refractivity contribution in [2.45, 2.75) is 96.3 Å². The molecule has 3 aliphatic rings. The van der Waals surface area contributed by atoms with E-state index < -0.39 is 94.9 Å². The average molecular weight is 653 g/mol. The highest BCUT2D eigenvalue weighted by Crippen LogP contribution is 2.68. The van der Waals surface area contributed by atoms with Gasteiger partial charge in [-0.2, -0.15) is 0 Å². The molecule has 12 heteroatoms. The van der Waals surface area contributed by atoms with Gasteiger partial charge in [0.05, 0.1) is 28.1 Å². The van der Waals surface area contributed by atoms with Crippen LogP contribution in [0.3, 0.4) is 0 Å². The number of esters is 5. The Morgan fingerprint density at radius 2 is 1.06 bits per heavy atom. The van der Waals surface area contributed by atoms with Crippen LogP contribution in [0.5, 0.6) is 0 Å². The van der Waals surface area contributed by atoms with E-state index in [-0.39, 0.29) is 11.1 Å². The molecule has 0 unspecified atom stereocenters. The zero-order valence-electron chi connectivity index (χ0n) is 27.3. The SMILES string of the molecule is CC(=O)O[C@H]1[C@@H](O)[C@H](C)[C@]23OC(C)(C)[C@H]([C@H](OC(C)=O)[C@H](OC(=O)c4ccccc4)[C@]2(C)[C@H]1OC(=O)c1ccccc1)[C@H]3OC(C)=O. The summed E-state index contributed by atoms with van der Waals surface area (Å²) in [6.07, 6.45) is -8.60. The molecule has 0 radical (unpaired) electrons. The van der Waals surface area contributed by atoms with E-state index >= 15 is 0 Å². The van der Waals surface area contributed by atoms with Gasteiger partial charge in [-0.1, -0.05) is 43.3 Å². The highest BCUT2D eigenvalue weighted by molar-refractivity contribution is 5.90. The zero-order valence-corrected chi connectivity index (χ0v) is 27.3. The second kappa shape index (κ2) is 12.4. The van der Waals surface area contributed by atoms with Gasteiger partial charge >= 0.3 is 29.8 Å². The van der Waals surface area contributed by atoms with Gasteiger partial charge in [-0.05, 0) is 45.0 Å². The summed E-state index contributed by atoms with van der Waals surface area (Å²) in [7, 11) is 0. The maximum Gasteiger partial charge on any atom is 0.338 e. The highest BCUT2D eigenvalue weighted by Gasteiger charge is 2.85. The standard InChI is InChI=1S/C35H40O12/c1-18-25(39)27(43-20(3)37)30(46-32(41)23-16-12-9-13-17-23)34(7)29(45-31(40)22-14-10-8-11-15-22)26(42-19(2)36)24-28(44-21(4)38)35(18,34)47-33(24,5)6/h8-18,24-30,39H,1-7H3/t18-,24+,25-,26-,27-,28+,29-,30-,34+,35+/m0/s1. The number of rotatable bonds is 7. The van der Waals surface area contributed by atoms with Gasteiger partial charge in [0.1, 0.15) is 23.9 Å². The van der Waals surface area contributed by atoms with E-state index in [1.807, 2.05) is 0 Å². The predicted octanol–water partition coefficient (Wildman–Crippen LogP) is 3.43. The van der Waals surface area contributed by atoms with Crippen LogP contribution >= 0.6 is 0 Å². The third kappa shape index (κ3) is 5.57.